The lowest BCUT2D eigenvalue weighted by Crippen LogP contribution is -2.14. The van der Waals surface area contributed by atoms with Crippen molar-refractivity contribution in [3.63, 3.8) is 0 Å². The smallest absolute Gasteiger partial charge is 0.0399 e. The number of hydrogen-bond donors (Lipinski definition) is 0. The molecule has 0 bridgehead atoms. The van der Waals surface area contributed by atoms with E-state index in [1.54, 1.807) is 4.88 Å². The molecule has 0 aliphatic heterocycles. The van der Waals surface area contributed by atoms with Crippen LogP contribution in [0.1, 0.15) is 58.4 Å². The van der Waals surface area contributed by atoms with Gasteiger partial charge in [0.05, 0.1) is 0 Å². The van der Waals surface area contributed by atoms with Crippen LogP contribution < -0.4 is 0 Å². The van der Waals surface area contributed by atoms with E-state index in [1.165, 1.54) is 55.5 Å². The molecule has 3 aliphatic carbocycles. The van der Waals surface area contributed by atoms with E-state index < -0.39 is 0 Å². The van der Waals surface area contributed by atoms with Crippen molar-refractivity contribution in [2.45, 2.75) is 37.5 Å². The predicted molar refractivity (Wildman–Crippen MR) is 124 cm³/mol. The van der Waals surface area contributed by atoms with Gasteiger partial charge in [-0.1, -0.05) is 86.7 Å². The van der Waals surface area contributed by atoms with Crippen molar-refractivity contribution in [1.82, 2.24) is 0 Å². The maximum Gasteiger partial charge on any atom is 0.0399 e. The third-order valence-corrected chi connectivity index (χ3v) is 8.91. The summed E-state index contributed by atoms with van der Waals surface area (Å²) in [7, 11) is 0. The second-order valence-electron chi connectivity index (χ2n) is 9.31. The summed E-state index contributed by atoms with van der Waals surface area (Å²) in [6.45, 7) is 4.81. The molecule has 3 aromatic carbocycles. The molecule has 0 nitrogen and oxygen atoms in total. The van der Waals surface area contributed by atoms with Gasteiger partial charge < -0.3 is 0 Å². The quantitative estimate of drug-likeness (QED) is 0.289. The van der Waals surface area contributed by atoms with E-state index in [1.807, 2.05) is 0 Å². The van der Waals surface area contributed by atoms with Crippen molar-refractivity contribution in [1.29, 1.82) is 0 Å². The molecule has 2 atom stereocenters. The van der Waals surface area contributed by atoms with Crippen LogP contribution in [0.2, 0.25) is 0 Å². The van der Waals surface area contributed by atoms with Crippen LogP contribution in [-0.2, 0) is 11.8 Å². The molecule has 0 amide bonds. The van der Waals surface area contributed by atoms with Crippen molar-refractivity contribution in [3.05, 3.63) is 99.4 Å². The van der Waals surface area contributed by atoms with Gasteiger partial charge in [-0.2, -0.15) is 0 Å². The molecule has 0 saturated carbocycles. The molecule has 7 rings (SSSR count). The van der Waals surface area contributed by atoms with E-state index in [0.29, 0.717) is 11.8 Å². The number of thiophene rings is 1. The zero-order valence-electron chi connectivity index (χ0n) is 16.7. The first-order chi connectivity index (χ1) is 14.1. The first-order valence-electron chi connectivity index (χ1n) is 10.6. The number of rotatable bonds is 0. The maximum atomic E-state index is 2.47. The van der Waals surface area contributed by atoms with Gasteiger partial charge in [0.15, 0.2) is 0 Å². The van der Waals surface area contributed by atoms with Gasteiger partial charge in [-0.3, -0.25) is 0 Å². The zero-order valence-corrected chi connectivity index (χ0v) is 17.5. The summed E-state index contributed by atoms with van der Waals surface area (Å²) in [4.78, 5) is 1.60. The molecule has 0 fully saturated rings. The fourth-order valence-electron chi connectivity index (χ4n) is 6.21. The number of fused-ring (bicyclic) bond motifs is 11. The summed E-state index contributed by atoms with van der Waals surface area (Å²) in [6, 6.07) is 22.8. The van der Waals surface area contributed by atoms with Gasteiger partial charge in [0.1, 0.15) is 0 Å². The Morgan fingerprint density at radius 3 is 2.66 bits per heavy atom. The number of hydrogen-bond acceptors (Lipinski definition) is 1. The molecule has 3 aliphatic rings. The Balaban J connectivity index is 1.49. The van der Waals surface area contributed by atoms with E-state index >= 15 is 0 Å². The number of allylic oxidation sites excluding steroid dienone is 1. The standard InChI is InChI=1S/C28H22S/c1-28(2)24-10-6-5-9-19(24)20-12-14-22-21-13-11-18-17-8-4-3-7-16(17)15-23(18)26(21)29-27(22)25(20)28/h3-14,18,23H,15H2,1-2H3. The fourth-order valence-corrected chi connectivity index (χ4v) is 7.85. The highest BCUT2D eigenvalue weighted by molar-refractivity contribution is 7.19. The molecule has 0 N–H and O–H groups in total. The molecule has 29 heavy (non-hydrogen) atoms. The van der Waals surface area contributed by atoms with Crippen LogP contribution in [0, 0.1) is 0 Å². The van der Waals surface area contributed by atoms with E-state index in [2.05, 4.69) is 98.0 Å². The highest BCUT2D eigenvalue weighted by Gasteiger charge is 2.40. The molecule has 0 saturated heterocycles. The molecule has 1 aromatic heterocycles. The van der Waals surface area contributed by atoms with Crippen LogP contribution in [0.25, 0.3) is 27.3 Å². The summed E-state index contributed by atoms with van der Waals surface area (Å²) >= 11 is 2.07. The molecule has 1 heterocycles. The average molecular weight is 391 g/mol. The van der Waals surface area contributed by atoms with Crippen LogP contribution in [0.5, 0.6) is 0 Å². The average Bonchev–Trinajstić information content (AvgIpc) is 3.37. The van der Waals surface area contributed by atoms with Gasteiger partial charge >= 0.3 is 0 Å². The third-order valence-electron chi connectivity index (χ3n) is 7.54. The van der Waals surface area contributed by atoms with Gasteiger partial charge in [0.2, 0.25) is 0 Å². The topological polar surface area (TPSA) is 0 Å². The highest BCUT2D eigenvalue weighted by atomic mass is 32.1. The Bertz CT molecular complexity index is 1360. The van der Waals surface area contributed by atoms with Crippen molar-refractivity contribution in [3.8, 4) is 11.1 Å². The van der Waals surface area contributed by atoms with Crippen molar-refractivity contribution in [2.24, 2.45) is 0 Å². The normalized spacial score (nSPS) is 22.1. The maximum absolute atomic E-state index is 2.47. The minimum Gasteiger partial charge on any atom is -0.139 e. The van der Waals surface area contributed by atoms with Crippen LogP contribution in [-0.4, -0.2) is 0 Å². The molecular weight excluding hydrogens is 368 g/mol. The first-order valence-corrected chi connectivity index (χ1v) is 11.4. The Morgan fingerprint density at radius 1 is 0.897 bits per heavy atom. The minimum absolute atomic E-state index is 0.0562. The van der Waals surface area contributed by atoms with Crippen LogP contribution in [0.3, 0.4) is 0 Å². The lowest BCUT2D eigenvalue weighted by Gasteiger charge is -2.22. The summed E-state index contributed by atoms with van der Waals surface area (Å²) in [5.41, 5.74) is 10.5. The van der Waals surface area contributed by atoms with E-state index in [4.69, 9.17) is 0 Å². The van der Waals surface area contributed by atoms with Gasteiger partial charge in [0.25, 0.3) is 0 Å². The summed E-state index contributed by atoms with van der Waals surface area (Å²) < 4.78 is 1.51. The molecule has 0 radical (unpaired) electrons. The van der Waals surface area contributed by atoms with Crippen molar-refractivity contribution < 1.29 is 0 Å². The second kappa shape index (κ2) is 5.29. The zero-order chi connectivity index (χ0) is 19.3. The largest absolute Gasteiger partial charge is 0.139 e. The van der Waals surface area contributed by atoms with E-state index in [-0.39, 0.29) is 5.41 Å². The molecular formula is C28H22S. The fraction of sp³-hybridized carbons (Fsp3) is 0.214. The summed E-state index contributed by atoms with van der Waals surface area (Å²) in [5.74, 6) is 1.15. The lowest BCUT2D eigenvalue weighted by molar-refractivity contribution is 0.667. The lowest BCUT2D eigenvalue weighted by atomic mass is 9.81. The Kier molecular flexibility index (Phi) is 2.95. The minimum atomic E-state index is 0.0562. The predicted octanol–water partition coefficient (Wildman–Crippen LogP) is 7.66. The SMILES string of the molecule is CC1(C)c2ccccc2-c2ccc3c4c(sc3c21)C1Cc2ccccc2C1C=C4. The second-order valence-corrected chi connectivity index (χ2v) is 10.4. The number of benzene rings is 3. The van der Waals surface area contributed by atoms with Gasteiger partial charge in [-0.25, -0.2) is 0 Å². The highest BCUT2D eigenvalue weighted by Crippen LogP contribution is 2.57. The molecule has 2 unspecified atom stereocenters. The van der Waals surface area contributed by atoms with Crippen molar-refractivity contribution in [2.75, 3.05) is 0 Å². The van der Waals surface area contributed by atoms with Gasteiger partial charge in [-0.05, 0) is 45.4 Å². The molecule has 0 spiro atoms. The van der Waals surface area contributed by atoms with Crippen LogP contribution >= 0.6 is 11.3 Å². The van der Waals surface area contributed by atoms with E-state index in [9.17, 15) is 0 Å². The monoisotopic (exact) mass is 390 g/mol. The van der Waals surface area contributed by atoms with Crippen molar-refractivity contribution >= 4 is 27.5 Å². The summed E-state index contributed by atoms with van der Waals surface area (Å²) in [5, 5.41) is 1.45. The Morgan fingerprint density at radius 2 is 1.72 bits per heavy atom. The van der Waals surface area contributed by atoms with Gasteiger partial charge in [0, 0.05) is 32.2 Å². The molecule has 1 heteroatoms. The third kappa shape index (κ3) is 1.90. The van der Waals surface area contributed by atoms with E-state index in [0.717, 1.165) is 0 Å². The first kappa shape index (κ1) is 16.2. The Labute approximate surface area is 175 Å². The molecule has 140 valence electrons. The Hall–Kier alpha value is -2.64. The van der Waals surface area contributed by atoms with Gasteiger partial charge in [-0.15, -0.1) is 11.3 Å². The van der Waals surface area contributed by atoms with Crippen LogP contribution in [0.4, 0.5) is 0 Å². The van der Waals surface area contributed by atoms with Crippen LogP contribution in [0.15, 0.2) is 66.7 Å². The molecule has 4 aromatic rings. The summed E-state index contributed by atoms with van der Waals surface area (Å²) in [6.07, 6.45) is 6.06.